The lowest BCUT2D eigenvalue weighted by Crippen LogP contribution is -2.24. The van der Waals surface area contributed by atoms with Crippen molar-refractivity contribution < 1.29 is 19.0 Å². The summed E-state index contributed by atoms with van der Waals surface area (Å²) in [6, 6.07) is 13.8. The van der Waals surface area contributed by atoms with Crippen molar-refractivity contribution in [3.05, 3.63) is 65.6 Å². The van der Waals surface area contributed by atoms with Gasteiger partial charge in [0, 0.05) is 41.8 Å². The smallest absolute Gasteiger partial charge is 0.257 e. The molecule has 1 N–H and O–H groups in total. The highest BCUT2D eigenvalue weighted by molar-refractivity contribution is 5.91. The monoisotopic (exact) mass is 459 g/mol. The van der Waals surface area contributed by atoms with Crippen molar-refractivity contribution >= 4 is 27.6 Å². The van der Waals surface area contributed by atoms with E-state index in [1.807, 2.05) is 48.7 Å². The standard InChI is InChI=1S/C27H29N3O4/c1-5-7-22-21-14-25(33-4)24(32-3)13-20(21)18(15-29-22)12-19-11-10-17-8-6-9-23(27(17)30-19)34-16-26(31)28-2/h6,8-11,13-15H,5,7,12,16H2,1-4H3,(H,28,31). The first-order valence-electron chi connectivity index (χ1n) is 11.3. The number of pyridine rings is 2. The van der Waals surface area contributed by atoms with Crippen molar-refractivity contribution in [1.29, 1.82) is 0 Å². The molecule has 176 valence electrons. The maximum absolute atomic E-state index is 11.6. The Balaban J connectivity index is 1.76. The van der Waals surface area contributed by atoms with E-state index in [0.29, 0.717) is 23.7 Å². The molecule has 0 spiro atoms. The molecule has 0 saturated carbocycles. The van der Waals surface area contributed by atoms with Crippen LogP contribution < -0.4 is 19.5 Å². The number of hydrogen-bond acceptors (Lipinski definition) is 6. The Labute approximate surface area is 199 Å². The van der Waals surface area contributed by atoms with E-state index in [9.17, 15) is 4.79 Å². The number of fused-ring (bicyclic) bond motifs is 2. The molecule has 2 heterocycles. The number of methoxy groups -OCH3 is 2. The van der Waals surface area contributed by atoms with Gasteiger partial charge < -0.3 is 19.5 Å². The van der Waals surface area contributed by atoms with E-state index in [2.05, 4.69) is 12.2 Å². The lowest BCUT2D eigenvalue weighted by Gasteiger charge is -2.15. The van der Waals surface area contributed by atoms with Gasteiger partial charge in [0.1, 0.15) is 11.3 Å². The van der Waals surface area contributed by atoms with Crippen LogP contribution in [-0.2, 0) is 17.6 Å². The molecular formula is C27H29N3O4. The number of carbonyl (C=O) groups is 1. The van der Waals surface area contributed by atoms with Crippen LogP contribution >= 0.6 is 0 Å². The van der Waals surface area contributed by atoms with Gasteiger partial charge in [0.15, 0.2) is 18.1 Å². The Morgan fingerprint density at radius 2 is 1.76 bits per heavy atom. The van der Waals surface area contributed by atoms with Crippen molar-refractivity contribution in [2.75, 3.05) is 27.9 Å². The minimum Gasteiger partial charge on any atom is -0.493 e. The van der Waals surface area contributed by atoms with Gasteiger partial charge >= 0.3 is 0 Å². The molecule has 0 unspecified atom stereocenters. The fraction of sp³-hybridized carbons (Fsp3) is 0.296. The molecule has 2 aromatic heterocycles. The second-order valence-electron chi connectivity index (χ2n) is 8.00. The summed E-state index contributed by atoms with van der Waals surface area (Å²) in [4.78, 5) is 21.3. The van der Waals surface area contributed by atoms with Crippen molar-refractivity contribution in [2.45, 2.75) is 26.2 Å². The van der Waals surface area contributed by atoms with Crippen molar-refractivity contribution in [3.63, 3.8) is 0 Å². The number of aromatic nitrogens is 2. The highest BCUT2D eigenvalue weighted by Crippen LogP contribution is 2.36. The summed E-state index contributed by atoms with van der Waals surface area (Å²) in [7, 11) is 4.87. The summed E-state index contributed by atoms with van der Waals surface area (Å²) >= 11 is 0. The van der Waals surface area contributed by atoms with Crippen LogP contribution in [0.5, 0.6) is 17.2 Å². The highest BCUT2D eigenvalue weighted by atomic mass is 16.5. The number of carbonyl (C=O) groups excluding carboxylic acids is 1. The number of amides is 1. The van der Waals surface area contributed by atoms with Gasteiger partial charge in [-0.2, -0.15) is 0 Å². The fourth-order valence-electron chi connectivity index (χ4n) is 4.04. The largest absolute Gasteiger partial charge is 0.493 e. The minimum atomic E-state index is -0.192. The third kappa shape index (κ3) is 4.73. The van der Waals surface area contributed by atoms with Gasteiger partial charge in [-0.1, -0.05) is 31.5 Å². The van der Waals surface area contributed by atoms with E-state index in [4.69, 9.17) is 24.2 Å². The molecule has 1 amide bonds. The van der Waals surface area contributed by atoms with Crippen LogP contribution in [0.15, 0.2) is 48.7 Å². The number of hydrogen-bond donors (Lipinski definition) is 1. The van der Waals surface area contributed by atoms with E-state index >= 15 is 0 Å². The summed E-state index contributed by atoms with van der Waals surface area (Å²) in [5.74, 6) is 1.76. The van der Waals surface area contributed by atoms with Crippen LogP contribution in [-0.4, -0.2) is 43.7 Å². The van der Waals surface area contributed by atoms with Crippen LogP contribution in [0.3, 0.4) is 0 Å². The number of likely N-dealkylation sites (N-methyl/N-ethyl adjacent to an activating group) is 1. The minimum absolute atomic E-state index is 0.0589. The number of benzene rings is 2. The van der Waals surface area contributed by atoms with Crippen LogP contribution in [0, 0.1) is 0 Å². The zero-order chi connectivity index (χ0) is 24.1. The zero-order valence-electron chi connectivity index (χ0n) is 20.0. The summed E-state index contributed by atoms with van der Waals surface area (Å²) in [5.41, 5.74) is 3.69. The maximum atomic E-state index is 11.6. The second kappa shape index (κ2) is 10.4. The molecule has 0 saturated heterocycles. The molecule has 0 radical (unpaired) electrons. The zero-order valence-corrected chi connectivity index (χ0v) is 20.0. The average molecular weight is 460 g/mol. The number of nitrogens with one attached hydrogen (secondary N) is 1. The molecule has 0 fully saturated rings. The summed E-state index contributed by atoms with van der Waals surface area (Å²) in [6.07, 6.45) is 4.40. The quantitative estimate of drug-likeness (QED) is 0.398. The number of ether oxygens (including phenoxy) is 3. The molecule has 0 aliphatic carbocycles. The summed E-state index contributed by atoms with van der Waals surface area (Å²) < 4.78 is 16.8. The first-order valence-corrected chi connectivity index (χ1v) is 11.3. The molecule has 7 heteroatoms. The average Bonchev–Trinajstić information content (AvgIpc) is 2.87. The fourth-order valence-corrected chi connectivity index (χ4v) is 4.04. The third-order valence-corrected chi connectivity index (χ3v) is 5.79. The summed E-state index contributed by atoms with van der Waals surface area (Å²) in [6.45, 7) is 2.08. The molecule has 34 heavy (non-hydrogen) atoms. The van der Waals surface area contributed by atoms with Crippen molar-refractivity contribution in [1.82, 2.24) is 15.3 Å². The van der Waals surface area contributed by atoms with Crippen LogP contribution in [0.2, 0.25) is 0 Å². The molecule has 4 rings (SSSR count). The first-order chi connectivity index (χ1) is 16.6. The molecule has 0 atom stereocenters. The molecular weight excluding hydrogens is 430 g/mol. The molecule has 0 bridgehead atoms. The third-order valence-electron chi connectivity index (χ3n) is 5.79. The van der Waals surface area contributed by atoms with Crippen molar-refractivity contribution in [3.8, 4) is 17.2 Å². The predicted octanol–water partition coefficient (Wildman–Crippen LogP) is 4.47. The van der Waals surface area contributed by atoms with Crippen LogP contribution in [0.25, 0.3) is 21.7 Å². The maximum Gasteiger partial charge on any atom is 0.257 e. The second-order valence-corrected chi connectivity index (χ2v) is 8.00. The molecule has 0 aliphatic rings. The Morgan fingerprint density at radius 3 is 2.47 bits per heavy atom. The Bertz CT molecular complexity index is 1340. The van der Waals surface area contributed by atoms with Gasteiger partial charge in [-0.05, 0) is 41.6 Å². The van der Waals surface area contributed by atoms with Crippen LogP contribution in [0.1, 0.15) is 30.3 Å². The van der Waals surface area contributed by atoms with E-state index in [1.165, 1.54) is 0 Å². The number of para-hydroxylation sites is 1. The van der Waals surface area contributed by atoms with E-state index < -0.39 is 0 Å². The highest BCUT2D eigenvalue weighted by Gasteiger charge is 2.15. The van der Waals surface area contributed by atoms with Gasteiger partial charge in [-0.25, -0.2) is 4.98 Å². The summed E-state index contributed by atoms with van der Waals surface area (Å²) in [5, 5.41) is 5.65. The molecule has 4 aromatic rings. The van der Waals surface area contributed by atoms with Gasteiger partial charge in [0.05, 0.1) is 14.2 Å². The van der Waals surface area contributed by atoms with Crippen molar-refractivity contribution in [2.24, 2.45) is 0 Å². The number of aryl methyl sites for hydroxylation is 1. The van der Waals surface area contributed by atoms with E-state index in [1.54, 1.807) is 21.3 Å². The lowest BCUT2D eigenvalue weighted by atomic mass is 9.99. The van der Waals surface area contributed by atoms with E-state index in [-0.39, 0.29) is 12.5 Å². The van der Waals surface area contributed by atoms with Gasteiger partial charge in [-0.3, -0.25) is 9.78 Å². The normalized spacial score (nSPS) is 10.9. The SMILES string of the molecule is CCCc1ncc(Cc2ccc3cccc(OCC(=O)NC)c3n2)c2cc(OC)c(OC)cc12. The topological polar surface area (TPSA) is 82.6 Å². The molecule has 2 aromatic carbocycles. The Morgan fingerprint density at radius 1 is 1.00 bits per heavy atom. The Hall–Kier alpha value is -3.87. The van der Waals surface area contributed by atoms with Crippen LogP contribution in [0.4, 0.5) is 0 Å². The van der Waals surface area contributed by atoms with E-state index in [0.717, 1.165) is 51.5 Å². The van der Waals surface area contributed by atoms with Gasteiger partial charge in [-0.15, -0.1) is 0 Å². The lowest BCUT2D eigenvalue weighted by molar-refractivity contribution is -0.122. The molecule has 7 nitrogen and oxygen atoms in total. The number of rotatable bonds is 9. The van der Waals surface area contributed by atoms with Gasteiger partial charge in [0.25, 0.3) is 5.91 Å². The predicted molar refractivity (Wildman–Crippen MR) is 133 cm³/mol. The first kappa shape index (κ1) is 23.3. The Kier molecular flexibility index (Phi) is 7.11. The number of nitrogens with zero attached hydrogens (tertiary/aromatic N) is 2. The van der Waals surface area contributed by atoms with Gasteiger partial charge in [0.2, 0.25) is 0 Å². The molecule has 0 aliphatic heterocycles.